The molecule has 0 spiro atoms. The van der Waals surface area contributed by atoms with E-state index in [0.29, 0.717) is 27.3 Å². The van der Waals surface area contributed by atoms with E-state index in [-0.39, 0.29) is 11.7 Å². The molecule has 0 aliphatic heterocycles. The number of rotatable bonds is 7. The maximum Gasteiger partial charge on any atom is 0.237 e. The van der Waals surface area contributed by atoms with E-state index in [1.165, 1.54) is 18.7 Å². The van der Waals surface area contributed by atoms with Crippen LogP contribution < -0.4 is 5.32 Å². The molecule has 0 radical (unpaired) electrons. The monoisotopic (exact) mass is 491 g/mol. The molecule has 2 heterocycles. The Labute approximate surface area is 206 Å². The molecule has 4 rings (SSSR count). The third-order valence-corrected chi connectivity index (χ3v) is 6.69. The van der Waals surface area contributed by atoms with Gasteiger partial charge in [0.2, 0.25) is 5.91 Å². The highest BCUT2D eigenvalue weighted by molar-refractivity contribution is 8.00. The summed E-state index contributed by atoms with van der Waals surface area (Å²) in [5.74, 6) is 0.345. The Bertz CT molecular complexity index is 1360. The van der Waals surface area contributed by atoms with Crippen molar-refractivity contribution < 1.29 is 9.59 Å². The van der Waals surface area contributed by atoms with Crippen LogP contribution >= 0.6 is 23.4 Å². The summed E-state index contributed by atoms with van der Waals surface area (Å²) in [6.07, 6.45) is 3.38. The van der Waals surface area contributed by atoms with Gasteiger partial charge in [-0.1, -0.05) is 41.6 Å². The number of ketones is 1. The summed E-state index contributed by atoms with van der Waals surface area (Å²) in [7, 11) is 0. The molecule has 0 saturated heterocycles. The van der Waals surface area contributed by atoms with Gasteiger partial charge in [0, 0.05) is 34.2 Å². The summed E-state index contributed by atoms with van der Waals surface area (Å²) < 4.78 is 1.90. The standard InChI is InChI=1S/C25H22ClN5O2S/c1-15-21(26)8-5-9-22(15)31-23(18-10-12-27-13-11-18)29-30-25(31)34-17(3)24(33)28-20-7-4-6-19(14-20)16(2)32/h4-14,17H,1-3H3,(H,28,33). The van der Waals surface area contributed by atoms with Crippen molar-refractivity contribution in [1.82, 2.24) is 19.7 Å². The third-order valence-electron chi connectivity index (χ3n) is 5.24. The van der Waals surface area contributed by atoms with Crippen LogP contribution in [-0.2, 0) is 4.79 Å². The Balaban J connectivity index is 1.66. The van der Waals surface area contributed by atoms with E-state index >= 15 is 0 Å². The molecule has 0 aliphatic rings. The Morgan fingerprint density at radius 1 is 1.06 bits per heavy atom. The molecule has 2 aromatic carbocycles. The second-order valence-corrected chi connectivity index (χ2v) is 9.36. The topological polar surface area (TPSA) is 89.8 Å². The lowest BCUT2D eigenvalue weighted by molar-refractivity contribution is -0.115. The summed E-state index contributed by atoms with van der Waals surface area (Å²) in [5, 5.41) is 12.4. The molecule has 1 N–H and O–H groups in total. The van der Waals surface area contributed by atoms with Gasteiger partial charge in [-0.05, 0) is 62.7 Å². The predicted molar refractivity (Wildman–Crippen MR) is 135 cm³/mol. The molecular weight excluding hydrogens is 470 g/mol. The quantitative estimate of drug-likeness (QED) is 0.267. The number of nitrogens with one attached hydrogen (secondary N) is 1. The van der Waals surface area contributed by atoms with E-state index in [9.17, 15) is 9.59 Å². The van der Waals surface area contributed by atoms with Gasteiger partial charge in [-0.3, -0.25) is 19.1 Å². The maximum absolute atomic E-state index is 12.9. The van der Waals surface area contributed by atoms with Crippen LogP contribution in [0.25, 0.3) is 17.1 Å². The van der Waals surface area contributed by atoms with Crippen molar-refractivity contribution in [3.63, 3.8) is 0 Å². The van der Waals surface area contributed by atoms with E-state index in [2.05, 4.69) is 20.5 Å². The minimum absolute atomic E-state index is 0.0628. The Morgan fingerprint density at radius 2 is 1.79 bits per heavy atom. The van der Waals surface area contributed by atoms with Gasteiger partial charge in [0.05, 0.1) is 10.9 Å². The van der Waals surface area contributed by atoms with E-state index in [1.54, 1.807) is 43.6 Å². The predicted octanol–water partition coefficient (Wildman–Crippen LogP) is 5.61. The number of amides is 1. The number of hydrogen-bond acceptors (Lipinski definition) is 6. The van der Waals surface area contributed by atoms with Crippen LogP contribution in [0.5, 0.6) is 0 Å². The van der Waals surface area contributed by atoms with Gasteiger partial charge in [-0.2, -0.15) is 0 Å². The van der Waals surface area contributed by atoms with E-state index in [0.717, 1.165) is 16.8 Å². The molecule has 9 heteroatoms. The number of Topliss-reactive ketones (excluding diaryl/α,β-unsaturated/α-hetero) is 1. The van der Waals surface area contributed by atoms with E-state index in [1.807, 2.05) is 41.8 Å². The Hall–Kier alpha value is -3.49. The fourth-order valence-corrected chi connectivity index (χ4v) is 4.39. The SMILES string of the molecule is CC(=O)c1cccc(NC(=O)C(C)Sc2nnc(-c3ccncc3)n2-c2cccc(Cl)c2C)c1. The highest BCUT2D eigenvalue weighted by atomic mass is 35.5. The van der Waals surface area contributed by atoms with E-state index in [4.69, 9.17) is 11.6 Å². The normalized spacial score (nSPS) is 11.8. The summed E-state index contributed by atoms with van der Waals surface area (Å²) in [5.41, 5.74) is 3.64. The maximum atomic E-state index is 12.9. The van der Waals surface area contributed by atoms with Crippen molar-refractivity contribution in [2.45, 2.75) is 31.2 Å². The third kappa shape index (κ3) is 5.03. The zero-order valence-electron chi connectivity index (χ0n) is 18.8. The number of anilines is 1. The number of hydrogen-bond donors (Lipinski definition) is 1. The van der Waals surface area contributed by atoms with Crippen molar-refractivity contribution in [2.75, 3.05) is 5.32 Å². The number of carbonyl (C=O) groups excluding carboxylic acids is 2. The molecule has 172 valence electrons. The van der Waals surface area contributed by atoms with Crippen molar-refractivity contribution in [3.05, 3.63) is 83.1 Å². The number of pyridine rings is 1. The van der Waals surface area contributed by atoms with Crippen LogP contribution in [-0.4, -0.2) is 36.7 Å². The zero-order valence-corrected chi connectivity index (χ0v) is 20.4. The van der Waals surface area contributed by atoms with Gasteiger partial charge in [-0.15, -0.1) is 10.2 Å². The molecule has 1 amide bonds. The average Bonchev–Trinajstić information content (AvgIpc) is 3.24. The fourth-order valence-electron chi connectivity index (χ4n) is 3.36. The minimum atomic E-state index is -0.492. The lowest BCUT2D eigenvalue weighted by atomic mass is 10.1. The smallest absolute Gasteiger partial charge is 0.237 e. The van der Waals surface area contributed by atoms with Gasteiger partial charge in [0.15, 0.2) is 16.8 Å². The second kappa shape index (κ2) is 10.2. The minimum Gasteiger partial charge on any atom is -0.325 e. The fraction of sp³-hybridized carbons (Fsp3) is 0.160. The van der Waals surface area contributed by atoms with Crippen molar-refractivity contribution >= 4 is 40.7 Å². The van der Waals surface area contributed by atoms with E-state index < -0.39 is 5.25 Å². The summed E-state index contributed by atoms with van der Waals surface area (Å²) in [6.45, 7) is 5.22. The summed E-state index contributed by atoms with van der Waals surface area (Å²) >= 11 is 7.69. The van der Waals surface area contributed by atoms with Crippen LogP contribution in [0.4, 0.5) is 5.69 Å². The van der Waals surface area contributed by atoms with Gasteiger partial charge >= 0.3 is 0 Å². The number of nitrogens with zero attached hydrogens (tertiary/aromatic N) is 4. The molecule has 0 saturated carbocycles. The number of halogens is 1. The average molecular weight is 492 g/mol. The molecule has 34 heavy (non-hydrogen) atoms. The highest BCUT2D eigenvalue weighted by Crippen LogP contribution is 2.33. The first-order valence-electron chi connectivity index (χ1n) is 10.5. The number of benzene rings is 2. The lowest BCUT2D eigenvalue weighted by Crippen LogP contribution is -2.23. The van der Waals surface area contributed by atoms with Gasteiger partial charge in [0.25, 0.3) is 0 Å². The number of thioether (sulfide) groups is 1. The molecule has 4 aromatic rings. The lowest BCUT2D eigenvalue weighted by Gasteiger charge is -2.16. The van der Waals surface area contributed by atoms with Crippen LogP contribution in [0.2, 0.25) is 5.02 Å². The highest BCUT2D eigenvalue weighted by Gasteiger charge is 2.23. The van der Waals surface area contributed by atoms with Gasteiger partial charge in [-0.25, -0.2) is 0 Å². The molecule has 0 aliphatic carbocycles. The molecular formula is C25H22ClN5O2S. The first kappa shape index (κ1) is 23.7. The Morgan fingerprint density at radius 3 is 2.53 bits per heavy atom. The zero-order chi connectivity index (χ0) is 24.2. The molecule has 0 fully saturated rings. The van der Waals surface area contributed by atoms with Crippen molar-refractivity contribution in [2.24, 2.45) is 0 Å². The van der Waals surface area contributed by atoms with Gasteiger partial charge in [0.1, 0.15) is 0 Å². The van der Waals surface area contributed by atoms with Crippen molar-refractivity contribution in [3.8, 4) is 17.1 Å². The molecule has 1 atom stereocenters. The molecule has 1 unspecified atom stereocenters. The first-order chi connectivity index (χ1) is 16.3. The Kier molecular flexibility index (Phi) is 7.09. The van der Waals surface area contributed by atoms with Crippen molar-refractivity contribution in [1.29, 1.82) is 0 Å². The number of carbonyl (C=O) groups is 2. The molecule has 0 bridgehead atoms. The second-order valence-electron chi connectivity index (χ2n) is 7.65. The molecule has 7 nitrogen and oxygen atoms in total. The van der Waals surface area contributed by atoms with Gasteiger partial charge < -0.3 is 5.32 Å². The summed E-state index contributed by atoms with van der Waals surface area (Å²) in [4.78, 5) is 28.7. The largest absolute Gasteiger partial charge is 0.325 e. The van der Waals surface area contributed by atoms with Crippen LogP contribution in [0.15, 0.2) is 72.1 Å². The molecule has 2 aromatic heterocycles. The van der Waals surface area contributed by atoms with Crippen LogP contribution in [0, 0.1) is 6.92 Å². The van der Waals surface area contributed by atoms with Crippen LogP contribution in [0.3, 0.4) is 0 Å². The summed E-state index contributed by atoms with van der Waals surface area (Å²) in [6, 6.07) is 16.2. The first-order valence-corrected chi connectivity index (χ1v) is 11.8. The number of aromatic nitrogens is 4. The van der Waals surface area contributed by atoms with Crippen LogP contribution in [0.1, 0.15) is 29.8 Å².